The van der Waals surface area contributed by atoms with Crippen molar-refractivity contribution >= 4 is 5.97 Å². The van der Waals surface area contributed by atoms with Gasteiger partial charge in [-0.15, -0.1) is 18.3 Å². The Balaban J connectivity index is 1.43. The summed E-state index contributed by atoms with van der Waals surface area (Å²) in [6, 6.07) is 13.5. The van der Waals surface area contributed by atoms with Gasteiger partial charge in [0.05, 0.1) is 20.3 Å². The molecule has 0 spiro atoms. The fourth-order valence-corrected chi connectivity index (χ4v) is 4.37. The van der Waals surface area contributed by atoms with E-state index in [1.807, 2.05) is 24.3 Å². The number of alkyl halides is 3. The second-order valence-electron chi connectivity index (χ2n) is 8.68. The van der Waals surface area contributed by atoms with Gasteiger partial charge in [-0.05, 0) is 73.9 Å². The molecule has 0 saturated heterocycles. The molecule has 1 heterocycles. The highest BCUT2D eigenvalue weighted by Gasteiger charge is 2.32. The Kier molecular flexibility index (Phi) is 8.20. The minimum absolute atomic E-state index is 0.0257. The molecule has 0 atom stereocenters. The van der Waals surface area contributed by atoms with Crippen LogP contribution in [0.3, 0.4) is 0 Å². The predicted molar refractivity (Wildman–Crippen MR) is 127 cm³/mol. The molecular formula is C26H28F3N3O5. The van der Waals surface area contributed by atoms with Crippen LogP contribution in [0, 0.1) is 0 Å². The van der Waals surface area contributed by atoms with Crippen molar-refractivity contribution in [3.05, 3.63) is 65.4 Å². The first-order valence-electron chi connectivity index (χ1n) is 12.0. The minimum Gasteiger partial charge on any atom is -0.497 e. The van der Waals surface area contributed by atoms with Gasteiger partial charge in [0.1, 0.15) is 17.6 Å². The van der Waals surface area contributed by atoms with Crippen molar-refractivity contribution in [2.45, 2.75) is 57.5 Å². The molecule has 2 aromatic carbocycles. The van der Waals surface area contributed by atoms with Crippen molar-refractivity contribution in [1.29, 1.82) is 0 Å². The summed E-state index contributed by atoms with van der Waals surface area (Å²) in [6.45, 7) is 2.25. The molecule has 4 rings (SSSR count). The van der Waals surface area contributed by atoms with E-state index >= 15 is 0 Å². The third-order valence-corrected chi connectivity index (χ3v) is 6.19. The molecule has 37 heavy (non-hydrogen) atoms. The molecule has 3 aromatic rings. The highest BCUT2D eigenvalue weighted by Crippen LogP contribution is 2.36. The van der Waals surface area contributed by atoms with E-state index in [1.165, 1.54) is 12.1 Å². The number of aromatic nitrogens is 3. The Labute approximate surface area is 212 Å². The van der Waals surface area contributed by atoms with Crippen LogP contribution in [0.4, 0.5) is 13.2 Å². The molecule has 1 aliphatic carbocycles. The summed E-state index contributed by atoms with van der Waals surface area (Å²) in [5.41, 5.74) is 1.90. The van der Waals surface area contributed by atoms with Crippen molar-refractivity contribution in [1.82, 2.24) is 15.0 Å². The summed E-state index contributed by atoms with van der Waals surface area (Å²) in [4.78, 5) is 12.5. The average Bonchev–Trinajstić information content (AvgIpc) is 3.26. The largest absolute Gasteiger partial charge is 0.573 e. The number of hydrogen-bond donors (Lipinski definition) is 0. The van der Waals surface area contributed by atoms with Crippen LogP contribution in [0.2, 0.25) is 0 Å². The second-order valence-corrected chi connectivity index (χ2v) is 8.68. The molecule has 1 saturated carbocycles. The van der Waals surface area contributed by atoms with Gasteiger partial charge in [-0.3, -0.25) is 0 Å². The Morgan fingerprint density at radius 3 is 2.24 bits per heavy atom. The lowest BCUT2D eigenvalue weighted by Gasteiger charge is -2.29. The molecular weight excluding hydrogens is 491 g/mol. The summed E-state index contributed by atoms with van der Waals surface area (Å²) in [5.74, 6) is 0.328. The number of nitrogens with zero attached hydrogens (tertiary/aromatic N) is 3. The van der Waals surface area contributed by atoms with Crippen molar-refractivity contribution < 1.29 is 36.9 Å². The number of methoxy groups -OCH3 is 1. The van der Waals surface area contributed by atoms with E-state index < -0.39 is 12.3 Å². The molecule has 0 aliphatic heterocycles. The fraction of sp³-hybridized carbons (Fsp3) is 0.423. The number of carbonyl (C=O) groups is 1. The quantitative estimate of drug-likeness (QED) is 0.345. The van der Waals surface area contributed by atoms with Crippen LogP contribution in [0.25, 0.3) is 0 Å². The molecule has 0 radical (unpaired) electrons. The molecule has 1 aromatic heterocycles. The van der Waals surface area contributed by atoms with Crippen LogP contribution in [0.5, 0.6) is 17.4 Å². The smallest absolute Gasteiger partial charge is 0.497 e. The van der Waals surface area contributed by atoms with Crippen LogP contribution in [-0.4, -0.2) is 47.1 Å². The monoisotopic (exact) mass is 519 g/mol. The third-order valence-electron chi connectivity index (χ3n) is 6.19. The highest BCUT2D eigenvalue weighted by molar-refractivity contribution is 5.89. The van der Waals surface area contributed by atoms with Crippen LogP contribution in [-0.2, 0) is 11.3 Å². The number of halogens is 3. The van der Waals surface area contributed by atoms with Crippen LogP contribution in [0.1, 0.15) is 60.1 Å². The van der Waals surface area contributed by atoms with E-state index in [0.29, 0.717) is 19.4 Å². The molecule has 0 bridgehead atoms. The molecule has 198 valence electrons. The maximum absolute atomic E-state index is 12.5. The zero-order valence-electron chi connectivity index (χ0n) is 20.5. The van der Waals surface area contributed by atoms with Gasteiger partial charge in [0.2, 0.25) is 11.6 Å². The second kappa shape index (κ2) is 11.5. The molecule has 0 amide bonds. The Bertz CT molecular complexity index is 1170. The van der Waals surface area contributed by atoms with Crippen molar-refractivity contribution in [3.8, 4) is 17.4 Å². The summed E-state index contributed by atoms with van der Waals surface area (Å²) >= 11 is 0. The first-order chi connectivity index (χ1) is 17.8. The third kappa shape index (κ3) is 6.93. The highest BCUT2D eigenvalue weighted by atomic mass is 19.4. The maximum Gasteiger partial charge on any atom is 0.573 e. The lowest BCUT2D eigenvalue weighted by Crippen LogP contribution is -2.25. The fourth-order valence-electron chi connectivity index (χ4n) is 4.37. The van der Waals surface area contributed by atoms with Gasteiger partial charge in [-0.25, -0.2) is 9.48 Å². The predicted octanol–water partition coefficient (Wildman–Crippen LogP) is 5.52. The van der Waals surface area contributed by atoms with Crippen LogP contribution >= 0.6 is 0 Å². The average molecular weight is 520 g/mol. The van der Waals surface area contributed by atoms with E-state index in [2.05, 4.69) is 15.0 Å². The standard InChI is InChI=1S/C26H28F3N3O5/c1-3-35-25(33)23-24(32(31-30-23)16-17-4-10-20(34-2)11-5-17)36-21-12-6-18(7-13-21)19-8-14-22(15-9-19)37-26(27,28)29/h4-5,8-11,14-15,18,21H,3,6-7,12-13,16H2,1-2H3/t18-,21+. The van der Waals surface area contributed by atoms with Crippen LogP contribution < -0.4 is 14.2 Å². The van der Waals surface area contributed by atoms with Gasteiger partial charge in [0, 0.05) is 0 Å². The molecule has 1 aliphatic rings. The molecule has 0 unspecified atom stereocenters. The summed E-state index contributed by atoms with van der Waals surface area (Å²) in [7, 11) is 1.59. The van der Waals surface area contributed by atoms with Gasteiger partial charge in [-0.2, -0.15) is 0 Å². The number of ether oxygens (including phenoxy) is 4. The maximum atomic E-state index is 12.5. The molecule has 0 N–H and O–H groups in total. The zero-order chi connectivity index (χ0) is 26.4. The molecule has 8 nitrogen and oxygen atoms in total. The van der Waals surface area contributed by atoms with Gasteiger partial charge in [-0.1, -0.05) is 29.5 Å². The number of hydrogen-bond acceptors (Lipinski definition) is 7. The first kappa shape index (κ1) is 26.3. The lowest BCUT2D eigenvalue weighted by molar-refractivity contribution is -0.274. The Morgan fingerprint density at radius 2 is 1.65 bits per heavy atom. The lowest BCUT2D eigenvalue weighted by atomic mass is 9.83. The number of benzene rings is 2. The van der Waals surface area contributed by atoms with Crippen molar-refractivity contribution in [2.75, 3.05) is 13.7 Å². The Hall–Kier alpha value is -3.76. The van der Waals surface area contributed by atoms with Gasteiger partial charge < -0.3 is 18.9 Å². The normalized spacial score (nSPS) is 17.8. The molecule has 11 heteroatoms. The zero-order valence-corrected chi connectivity index (χ0v) is 20.5. The minimum atomic E-state index is -4.71. The number of carbonyl (C=O) groups excluding carboxylic acids is 1. The number of esters is 1. The van der Waals surface area contributed by atoms with Crippen molar-refractivity contribution in [2.24, 2.45) is 0 Å². The van der Waals surface area contributed by atoms with Crippen molar-refractivity contribution in [3.63, 3.8) is 0 Å². The summed E-state index contributed by atoms with van der Waals surface area (Å²) < 4.78 is 59.3. The van der Waals surface area contributed by atoms with E-state index in [0.717, 1.165) is 29.7 Å². The van der Waals surface area contributed by atoms with Gasteiger partial charge >= 0.3 is 12.3 Å². The van der Waals surface area contributed by atoms with Crippen LogP contribution in [0.15, 0.2) is 48.5 Å². The van der Waals surface area contributed by atoms with Gasteiger partial charge in [0.15, 0.2) is 0 Å². The number of rotatable bonds is 9. The Morgan fingerprint density at radius 1 is 1.00 bits per heavy atom. The van der Waals surface area contributed by atoms with E-state index in [-0.39, 0.29) is 36.0 Å². The van der Waals surface area contributed by atoms with E-state index in [9.17, 15) is 18.0 Å². The SMILES string of the molecule is CCOC(=O)c1nnn(Cc2ccc(OC)cc2)c1O[C@H]1CC[C@@H](c2ccc(OC(F)(F)F)cc2)CC1. The molecule has 1 fully saturated rings. The summed E-state index contributed by atoms with van der Waals surface area (Å²) in [5, 5.41) is 8.16. The summed E-state index contributed by atoms with van der Waals surface area (Å²) in [6.07, 6.45) is -1.94. The topological polar surface area (TPSA) is 84.7 Å². The van der Waals surface area contributed by atoms with E-state index in [1.54, 1.807) is 30.8 Å². The van der Waals surface area contributed by atoms with E-state index in [4.69, 9.17) is 14.2 Å². The first-order valence-corrected chi connectivity index (χ1v) is 12.0. The van der Waals surface area contributed by atoms with Gasteiger partial charge in [0.25, 0.3) is 0 Å².